The zero-order valence-corrected chi connectivity index (χ0v) is 31.4. The van der Waals surface area contributed by atoms with Crippen molar-refractivity contribution in [1.29, 1.82) is 0 Å². The van der Waals surface area contributed by atoms with Crippen LogP contribution in [-0.4, -0.2) is 111 Å². The van der Waals surface area contributed by atoms with Gasteiger partial charge < -0.3 is 45.1 Å². The number of aryl methyl sites for hydroxylation is 1. The van der Waals surface area contributed by atoms with Crippen LogP contribution in [0.15, 0.2) is 35.5 Å². The van der Waals surface area contributed by atoms with Crippen molar-refractivity contribution in [2.45, 2.75) is 38.8 Å². The highest BCUT2D eigenvalue weighted by atomic mass is 19.2. The lowest BCUT2D eigenvalue weighted by Gasteiger charge is -2.29. The van der Waals surface area contributed by atoms with Gasteiger partial charge in [0.1, 0.15) is 29.0 Å². The van der Waals surface area contributed by atoms with Gasteiger partial charge in [0.25, 0.3) is 0 Å². The lowest BCUT2D eigenvalue weighted by Crippen LogP contribution is -2.41. The van der Waals surface area contributed by atoms with Crippen molar-refractivity contribution < 1.29 is 37.8 Å². The van der Waals surface area contributed by atoms with Gasteiger partial charge in [-0.15, -0.1) is 0 Å². The second-order valence-electron chi connectivity index (χ2n) is 15.3. The van der Waals surface area contributed by atoms with Crippen LogP contribution in [0.5, 0.6) is 0 Å². The molecule has 0 aliphatic carbocycles. The molecule has 294 valence electrons. The minimum absolute atomic E-state index is 0.0237. The summed E-state index contributed by atoms with van der Waals surface area (Å²) in [5, 5.41) is 17.5. The van der Waals surface area contributed by atoms with E-state index in [0.717, 1.165) is 19.0 Å². The van der Waals surface area contributed by atoms with Gasteiger partial charge in [-0.05, 0) is 46.2 Å². The van der Waals surface area contributed by atoms with E-state index < -0.39 is 65.1 Å². The molecule has 2 unspecified atom stereocenters. The molecule has 2 atom stereocenters. The van der Waals surface area contributed by atoms with Gasteiger partial charge in [-0.25, -0.2) is 28.3 Å². The molecule has 16 nitrogen and oxygen atoms in total. The molecule has 0 radical (unpaired) electrons. The number of rotatable bonds is 10. The molecule has 18 heteroatoms. The topological polar surface area (TPSA) is 204 Å². The standard InChI is InChI=1S/C38H41F2N9O7/c1-38(2,3)56-37(55)45-14-27(51)42-12-20(50)11-41-25-9-24(39)30(40)28-29-32(49-7-6-18-15-47(4)17-26(18)49)22(13-43-34(29)46-31(25)28)19-8-21-33(52)23(36(53)54)16-48(5)35(21)44-10-19/h8-10,13,16,18,26,41H,6-7,11-12,14-15,17H2,1-5H3,(H,42,51)(H,43,46)(H,45,55)(H,53,54). The number of likely N-dealkylation sites (tertiary alicyclic amines) is 1. The highest BCUT2D eigenvalue weighted by Gasteiger charge is 2.42. The number of halogens is 2. The molecule has 0 spiro atoms. The average Bonchev–Trinajstić information content (AvgIpc) is 3.83. The van der Waals surface area contributed by atoms with Gasteiger partial charge in [0.15, 0.2) is 17.4 Å². The molecule has 6 heterocycles. The van der Waals surface area contributed by atoms with Crippen LogP contribution in [-0.2, 0) is 21.4 Å². The first kappa shape index (κ1) is 38.1. The third-order valence-corrected chi connectivity index (χ3v) is 10.1. The minimum atomic E-state index is -1.38. The molecule has 7 rings (SSSR count). The first-order valence-electron chi connectivity index (χ1n) is 18.0. The number of carbonyl (C=O) groups excluding carboxylic acids is 3. The number of carboxylic acid groups (broad SMARTS) is 1. The van der Waals surface area contributed by atoms with Crippen LogP contribution in [0.3, 0.4) is 0 Å². The molecule has 1 aromatic carbocycles. The van der Waals surface area contributed by atoms with E-state index in [0.29, 0.717) is 35.8 Å². The van der Waals surface area contributed by atoms with Crippen LogP contribution in [0.1, 0.15) is 37.6 Å². The number of pyridine rings is 3. The van der Waals surface area contributed by atoms with Gasteiger partial charge in [-0.1, -0.05) is 0 Å². The fourth-order valence-electron chi connectivity index (χ4n) is 7.69. The molecule has 2 aliphatic rings. The van der Waals surface area contributed by atoms with Crippen molar-refractivity contribution >= 4 is 68.1 Å². The summed E-state index contributed by atoms with van der Waals surface area (Å²) in [5.41, 5.74) is 0.304. The van der Waals surface area contributed by atoms with E-state index in [9.17, 15) is 29.1 Å². The second-order valence-corrected chi connectivity index (χ2v) is 15.3. The number of hydrogen-bond acceptors (Lipinski definition) is 11. The number of ether oxygens (including phenoxy) is 1. The summed E-state index contributed by atoms with van der Waals surface area (Å²) in [5.74, 6) is -4.51. The average molecular weight is 774 g/mol. The number of fused-ring (bicyclic) bond motifs is 5. The number of benzene rings is 1. The zero-order valence-electron chi connectivity index (χ0n) is 31.4. The van der Waals surface area contributed by atoms with Gasteiger partial charge in [-0.2, -0.15) is 0 Å². The summed E-state index contributed by atoms with van der Waals surface area (Å²) in [6.45, 7) is 6.01. The Bertz CT molecular complexity index is 2510. The summed E-state index contributed by atoms with van der Waals surface area (Å²) in [6.07, 6.45) is 4.38. The fraction of sp³-hybridized carbons (Fsp3) is 0.395. The number of aromatic carboxylic acids is 1. The predicted molar refractivity (Wildman–Crippen MR) is 204 cm³/mol. The Morgan fingerprint density at radius 2 is 1.79 bits per heavy atom. The van der Waals surface area contributed by atoms with E-state index in [-0.39, 0.29) is 51.2 Å². The zero-order chi connectivity index (χ0) is 40.2. The van der Waals surface area contributed by atoms with Crippen LogP contribution < -0.4 is 26.3 Å². The number of likely N-dealkylation sites (N-methyl/N-ethyl adjacent to an activating group) is 1. The van der Waals surface area contributed by atoms with Gasteiger partial charge in [0, 0.05) is 68.5 Å². The molecule has 56 heavy (non-hydrogen) atoms. The van der Waals surface area contributed by atoms with Gasteiger partial charge >= 0.3 is 12.1 Å². The lowest BCUT2D eigenvalue weighted by molar-refractivity contribution is -0.123. The first-order valence-corrected chi connectivity index (χ1v) is 18.0. The normalized spacial score (nSPS) is 17.1. The first-order chi connectivity index (χ1) is 26.5. The van der Waals surface area contributed by atoms with E-state index in [1.165, 1.54) is 10.8 Å². The summed E-state index contributed by atoms with van der Waals surface area (Å²) in [7, 11) is 3.61. The number of alkyl carbamates (subject to hydrolysis) is 1. The largest absolute Gasteiger partial charge is 0.477 e. The number of aromatic amines is 1. The van der Waals surface area contributed by atoms with Gasteiger partial charge in [0.05, 0.1) is 46.1 Å². The third kappa shape index (κ3) is 7.18. The van der Waals surface area contributed by atoms with Gasteiger partial charge in [0.2, 0.25) is 11.3 Å². The molecular formula is C38H41F2N9O7. The van der Waals surface area contributed by atoms with Crippen molar-refractivity contribution in [2.75, 3.05) is 56.5 Å². The molecule has 4 aromatic heterocycles. The van der Waals surface area contributed by atoms with Crippen LogP contribution in [0.2, 0.25) is 0 Å². The van der Waals surface area contributed by atoms with Crippen molar-refractivity contribution in [3.63, 3.8) is 0 Å². The molecule has 5 N–H and O–H groups in total. The summed E-state index contributed by atoms with van der Waals surface area (Å²) >= 11 is 0. The van der Waals surface area contributed by atoms with Crippen LogP contribution in [0.25, 0.3) is 44.1 Å². The Hall–Kier alpha value is -6.17. The Morgan fingerprint density at radius 3 is 2.52 bits per heavy atom. The van der Waals surface area contributed by atoms with Crippen molar-refractivity contribution in [3.05, 3.63) is 58.1 Å². The fourth-order valence-corrected chi connectivity index (χ4v) is 7.69. The molecule has 2 amide bonds. The maximum absolute atomic E-state index is 16.2. The number of carbonyl (C=O) groups is 4. The summed E-state index contributed by atoms with van der Waals surface area (Å²) < 4.78 is 38.3. The number of hydrogen-bond donors (Lipinski definition) is 5. The summed E-state index contributed by atoms with van der Waals surface area (Å²) in [6, 6.07) is 2.51. The van der Waals surface area contributed by atoms with E-state index in [2.05, 4.69) is 40.7 Å². The Labute approximate surface area is 318 Å². The molecule has 2 aliphatic heterocycles. The molecule has 0 bridgehead atoms. The van der Waals surface area contributed by atoms with E-state index in [1.54, 1.807) is 46.3 Å². The van der Waals surface area contributed by atoms with Crippen molar-refractivity contribution in [2.24, 2.45) is 13.0 Å². The molecule has 5 aromatic rings. The lowest BCUT2D eigenvalue weighted by atomic mass is 9.99. The predicted octanol–water partition coefficient (Wildman–Crippen LogP) is 3.37. The van der Waals surface area contributed by atoms with Crippen LogP contribution in [0.4, 0.5) is 25.0 Å². The number of anilines is 2. The maximum atomic E-state index is 16.2. The Morgan fingerprint density at radius 1 is 1.02 bits per heavy atom. The van der Waals surface area contributed by atoms with Crippen LogP contribution >= 0.6 is 0 Å². The number of aromatic nitrogens is 4. The highest BCUT2D eigenvalue weighted by molar-refractivity contribution is 6.18. The minimum Gasteiger partial charge on any atom is -0.477 e. The number of nitrogens with one attached hydrogen (secondary N) is 4. The number of nitrogens with zero attached hydrogens (tertiary/aromatic N) is 5. The van der Waals surface area contributed by atoms with Gasteiger partial charge in [-0.3, -0.25) is 14.4 Å². The number of carboxylic acids is 1. The van der Waals surface area contributed by atoms with Crippen molar-refractivity contribution in [1.82, 2.24) is 35.1 Å². The SMILES string of the molecule is CN1CC2CCN(c3c(-c4cnc5c(c4)c(=O)c(C(=O)O)cn5C)cnc4[nH]c5c(NCC(=O)CNC(=O)CNC(=O)OC(C)(C)C)cc(F)c(F)c5c34)C2C1. The van der Waals surface area contributed by atoms with E-state index >= 15 is 8.78 Å². The summed E-state index contributed by atoms with van der Waals surface area (Å²) in [4.78, 5) is 78.8. The highest BCUT2D eigenvalue weighted by Crippen LogP contribution is 2.47. The van der Waals surface area contributed by atoms with Crippen molar-refractivity contribution in [3.8, 4) is 11.1 Å². The van der Waals surface area contributed by atoms with Crippen LogP contribution in [0, 0.1) is 17.6 Å². The quantitative estimate of drug-likeness (QED) is 0.139. The third-order valence-electron chi connectivity index (χ3n) is 10.1. The molecule has 0 saturated carbocycles. The van der Waals surface area contributed by atoms with E-state index in [4.69, 9.17) is 4.74 Å². The monoisotopic (exact) mass is 773 g/mol. The number of H-pyrrole nitrogens is 1. The number of Topliss-reactive ketones (excluding diaryl/α,β-unsaturated/α-hetero) is 1. The van der Waals surface area contributed by atoms with E-state index in [1.807, 2.05) is 7.05 Å². The molecular weight excluding hydrogens is 732 g/mol. The molecule has 2 fully saturated rings. The molecule has 2 saturated heterocycles. The number of amides is 2. The Kier molecular flexibility index (Phi) is 9.86. The smallest absolute Gasteiger partial charge is 0.408 e. The maximum Gasteiger partial charge on any atom is 0.408 e. The number of ketones is 1. The second kappa shape index (κ2) is 14.5. The Balaban J connectivity index is 1.26.